The molecule has 0 unspecified atom stereocenters. The summed E-state index contributed by atoms with van der Waals surface area (Å²) in [7, 11) is -3.04. The number of benzene rings is 6. The number of fused-ring (bicyclic) bond motifs is 4. The summed E-state index contributed by atoms with van der Waals surface area (Å²) in [5, 5.41) is 6.92. The average molecular weight is 583 g/mol. The van der Waals surface area contributed by atoms with Crippen LogP contribution in [0.1, 0.15) is 0 Å². The van der Waals surface area contributed by atoms with Gasteiger partial charge >= 0.3 is 0 Å². The second-order valence-corrected chi connectivity index (χ2v) is 13.7. The molecule has 6 aromatic carbocycles. The quantitative estimate of drug-likeness (QED) is 0.150. The number of rotatable bonds is 5. The number of hydrogen-bond acceptors (Lipinski definition) is 3. The summed E-state index contributed by atoms with van der Waals surface area (Å²) in [5.41, 5.74) is 6.01. The van der Waals surface area contributed by atoms with Crippen molar-refractivity contribution < 1.29 is 4.57 Å². The fourth-order valence-corrected chi connectivity index (χ4v) is 8.87. The number of hydrogen-bond donors (Lipinski definition) is 0. The van der Waals surface area contributed by atoms with Gasteiger partial charge in [-0.05, 0) is 34.0 Å². The molecule has 8 rings (SSSR count). The van der Waals surface area contributed by atoms with Crippen molar-refractivity contribution in [2.75, 3.05) is 0 Å². The Morgan fingerprint density at radius 3 is 1.66 bits per heavy atom. The molecule has 8 aromatic rings. The molecule has 0 saturated heterocycles. The third-order valence-electron chi connectivity index (χ3n) is 8.41. The van der Waals surface area contributed by atoms with E-state index in [1.807, 2.05) is 85.1 Å². The van der Waals surface area contributed by atoms with E-state index in [0.717, 1.165) is 70.9 Å². The van der Waals surface area contributed by atoms with Gasteiger partial charge in [0, 0.05) is 38.4 Å². The van der Waals surface area contributed by atoms with Gasteiger partial charge in [0.25, 0.3) is 0 Å². The Labute approximate surface area is 255 Å². The van der Waals surface area contributed by atoms with Gasteiger partial charge < -0.3 is 4.57 Å². The zero-order chi connectivity index (χ0) is 29.5. The maximum Gasteiger partial charge on any atom is 0.171 e. The summed E-state index contributed by atoms with van der Waals surface area (Å²) in [4.78, 5) is 9.77. The monoisotopic (exact) mass is 582 g/mol. The van der Waals surface area contributed by atoms with Crippen LogP contribution in [0.2, 0.25) is 0 Å². The van der Waals surface area contributed by atoms with E-state index in [1.165, 1.54) is 0 Å². The minimum atomic E-state index is -3.04. The van der Waals surface area contributed by atoms with Crippen molar-refractivity contribution in [3.8, 4) is 22.4 Å². The van der Waals surface area contributed by atoms with E-state index >= 15 is 0 Å². The highest BCUT2D eigenvalue weighted by atomic mass is 31.2. The summed E-state index contributed by atoms with van der Waals surface area (Å²) in [5.74, 6) is 0. The van der Waals surface area contributed by atoms with E-state index in [4.69, 9.17) is 4.98 Å². The molecule has 0 fully saturated rings. The lowest BCUT2D eigenvalue weighted by atomic mass is 9.93. The summed E-state index contributed by atoms with van der Waals surface area (Å²) in [6, 6.07) is 53.1. The highest BCUT2D eigenvalue weighted by Crippen LogP contribution is 2.43. The van der Waals surface area contributed by atoms with E-state index in [9.17, 15) is 4.57 Å². The molecule has 4 heteroatoms. The molecule has 2 aromatic heterocycles. The fraction of sp³-hybridized carbons (Fsp3) is 0. The lowest BCUT2D eigenvalue weighted by molar-refractivity contribution is 0.592. The zero-order valence-corrected chi connectivity index (χ0v) is 24.7. The van der Waals surface area contributed by atoms with Crippen molar-refractivity contribution in [3.05, 3.63) is 164 Å². The van der Waals surface area contributed by atoms with Crippen molar-refractivity contribution >= 4 is 55.6 Å². The normalized spacial score (nSPS) is 11.7. The molecule has 0 N–H and O–H groups in total. The van der Waals surface area contributed by atoms with Gasteiger partial charge in [-0.3, -0.25) is 4.98 Å². The van der Waals surface area contributed by atoms with Gasteiger partial charge in [-0.2, -0.15) is 0 Å². The van der Waals surface area contributed by atoms with E-state index in [1.54, 1.807) is 0 Å². The van der Waals surface area contributed by atoms with Crippen molar-refractivity contribution in [1.82, 2.24) is 9.97 Å². The first kappa shape index (κ1) is 26.3. The Bertz CT molecular complexity index is 2310. The highest BCUT2D eigenvalue weighted by molar-refractivity contribution is 7.85. The lowest BCUT2D eigenvalue weighted by Gasteiger charge is -2.20. The molecule has 3 nitrogen and oxygen atoms in total. The number of aromatic nitrogens is 2. The minimum Gasteiger partial charge on any atom is -0.309 e. The molecule has 2 heterocycles. The SMILES string of the molecule is O=P(c1ccccc1)(c1ccccc1)c1ccc(-c2ccc(-c3ccc4ccc5cccnc5c4n3)c3ccccc23)cc1. The van der Waals surface area contributed by atoms with Gasteiger partial charge in [-0.15, -0.1) is 0 Å². The van der Waals surface area contributed by atoms with Gasteiger partial charge in [0.1, 0.15) is 0 Å². The van der Waals surface area contributed by atoms with Crippen molar-refractivity contribution in [1.29, 1.82) is 0 Å². The topological polar surface area (TPSA) is 42.9 Å². The zero-order valence-electron chi connectivity index (χ0n) is 23.8. The van der Waals surface area contributed by atoms with Crippen LogP contribution < -0.4 is 15.9 Å². The van der Waals surface area contributed by atoms with Crippen molar-refractivity contribution in [2.45, 2.75) is 0 Å². The first-order valence-corrected chi connectivity index (χ1v) is 16.4. The van der Waals surface area contributed by atoms with Crippen LogP contribution in [-0.4, -0.2) is 9.97 Å². The fourth-order valence-electron chi connectivity index (χ4n) is 6.22. The van der Waals surface area contributed by atoms with Crippen LogP contribution in [0.3, 0.4) is 0 Å². The molecule has 0 saturated carbocycles. The van der Waals surface area contributed by atoms with Crippen LogP contribution in [0, 0.1) is 0 Å². The Morgan fingerprint density at radius 1 is 0.432 bits per heavy atom. The minimum absolute atomic E-state index is 0.820. The molecule has 0 amide bonds. The Kier molecular flexibility index (Phi) is 6.40. The smallest absolute Gasteiger partial charge is 0.171 e. The summed E-state index contributed by atoms with van der Waals surface area (Å²) in [6.45, 7) is 0. The van der Waals surface area contributed by atoms with Gasteiger partial charge in [0.05, 0.1) is 16.7 Å². The molecule has 0 radical (unpaired) electrons. The van der Waals surface area contributed by atoms with Crippen LogP contribution in [0.25, 0.3) is 55.0 Å². The van der Waals surface area contributed by atoms with Crippen LogP contribution in [0.4, 0.5) is 0 Å². The molecule has 0 spiro atoms. The predicted octanol–water partition coefficient (Wildman–Crippen LogP) is 8.91. The first-order chi connectivity index (χ1) is 21.7. The maximum absolute atomic E-state index is 14.8. The van der Waals surface area contributed by atoms with E-state index < -0.39 is 7.14 Å². The second kappa shape index (κ2) is 10.7. The number of pyridine rings is 2. The Morgan fingerprint density at radius 2 is 0.977 bits per heavy atom. The van der Waals surface area contributed by atoms with Gasteiger partial charge in [-0.1, -0.05) is 146 Å². The largest absolute Gasteiger partial charge is 0.309 e. The van der Waals surface area contributed by atoms with Crippen molar-refractivity contribution in [3.63, 3.8) is 0 Å². The van der Waals surface area contributed by atoms with E-state index in [0.29, 0.717) is 0 Å². The molecule has 0 aliphatic heterocycles. The molecular formula is C40H27N2OP. The van der Waals surface area contributed by atoms with Crippen LogP contribution in [0.15, 0.2) is 164 Å². The summed E-state index contributed by atoms with van der Waals surface area (Å²) >= 11 is 0. The van der Waals surface area contributed by atoms with Gasteiger partial charge in [-0.25, -0.2) is 4.98 Å². The summed E-state index contributed by atoms with van der Waals surface area (Å²) < 4.78 is 14.8. The van der Waals surface area contributed by atoms with E-state index in [2.05, 4.69) is 83.8 Å². The van der Waals surface area contributed by atoms with Gasteiger partial charge in [0.2, 0.25) is 0 Å². The van der Waals surface area contributed by atoms with E-state index in [-0.39, 0.29) is 0 Å². The molecule has 44 heavy (non-hydrogen) atoms. The maximum atomic E-state index is 14.8. The second-order valence-electron chi connectivity index (χ2n) is 10.9. The third kappa shape index (κ3) is 4.33. The molecule has 208 valence electrons. The molecule has 0 bridgehead atoms. The molecule has 0 aliphatic rings. The predicted molar refractivity (Wildman–Crippen MR) is 185 cm³/mol. The van der Waals surface area contributed by atoms with Crippen LogP contribution in [-0.2, 0) is 4.57 Å². The highest BCUT2D eigenvalue weighted by Gasteiger charge is 2.29. The molecule has 0 atom stereocenters. The standard InChI is InChI=1S/C40H27N2OP/c43-44(31-11-3-1-4-12-31,32-13-5-2-6-14-32)33-22-19-28(20-23-33)34-24-25-37(36-16-8-7-15-35(34)36)38-26-21-30-18-17-29-10-9-27-41-39(29)40(30)42-38/h1-27H. The van der Waals surface area contributed by atoms with Crippen molar-refractivity contribution in [2.24, 2.45) is 0 Å². The van der Waals surface area contributed by atoms with Crippen LogP contribution >= 0.6 is 7.14 Å². The Balaban J connectivity index is 1.24. The molecule has 0 aliphatic carbocycles. The first-order valence-electron chi connectivity index (χ1n) is 14.7. The van der Waals surface area contributed by atoms with Gasteiger partial charge in [0.15, 0.2) is 7.14 Å². The lowest BCUT2D eigenvalue weighted by Crippen LogP contribution is -2.24. The van der Waals surface area contributed by atoms with Crippen LogP contribution in [0.5, 0.6) is 0 Å². The number of nitrogens with zero attached hydrogens (tertiary/aromatic N) is 2. The third-order valence-corrected chi connectivity index (χ3v) is 11.5. The summed E-state index contributed by atoms with van der Waals surface area (Å²) in [6.07, 6.45) is 1.82. The molecular weight excluding hydrogens is 555 g/mol. The average Bonchev–Trinajstić information content (AvgIpc) is 3.11. The Hall–Kier alpha value is -5.37.